The van der Waals surface area contributed by atoms with Gasteiger partial charge >= 0.3 is 0 Å². The van der Waals surface area contributed by atoms with Crippen LogP contribution in [-0.4, -0.2) is 43.5 Å². The monoisotopic (exact) mass is 460 g/mol. The number of halogens is 1. The van der Waals surface area contributed by atoms with E-state index < -0.39 is 12.0 Å². The molecule has 174 valence electrons. The molecule has 2 aromatic heterocycles. The van der Waals surface area contributed by atoms with Crippen molar-refractivity contribution in [1.82, 2.24) is 20.1 Å². The number of aryl methyl sites for hydroxylation is 1. The highest BCUT2D eigenvalue weighted by Crippen LogP contribution is 2.31. The van der Waals surface area contributed by atoms with Crippen molar-refractivity contribution in [1.29, 1.82) is 0 Å². The maximum atomic E-state index is 13.4. The molecule has 0 bridgehead atoms. The number of hydrogen-bond acceptors (Lipinski definition) is 5. The Bertz CT molecular complexity index is 1290. The van der Waals surface area contributed by atoms with Crippen LogP contribution in [0.2, 0.25) is 0 Å². The number of aliphatic hydroxyl groups is 1. The number of benzene rings is 2. The summed E-state index contributed by atoms with van der Waals surface area (Å²) in [5, 5.41) is 27.5. The molecule has 0 fully saturated rings. The molecule has 0 saturated heterocycles. The third-order valence-electron chi connectivity index (χ3n) is 5.42. The number of amides is 1. The third kappa shape index (κ3) is 5.29. The number of aliphatic hydroxyl groups excluding tert-OH is 1. The van der Waals surface area contributed by atoms with E-state index in [0.717, 1.165) is 22.4 Å². The van der Waals surface area contributed by atoms with Crippen molar-refractivity contribution in [3.8, 4) is 28.1 Å². The Hall–Kier alpha value is -4.04. The molecule has 0 aliphatic rings. The number of pyridine rings is 1. The second-order valence-electron chi connectivity index (χ2n) is 7.87. The molecule has 2 aromatic carbocycles. The predicted molar refractivity (Wildman–Crippen MR) is 127 cm³/mol. The van der Waals surface area contributed by atoms with Crippen molar-refractivity contribution in [3.05, 3.63) is 90.1 Å². The fourth-order valence-corrected chi connectivity index (χ4v) is 3.66. The summed E-state index contributed by atoms with van der Waals surface area (Å²) in [5.41, 5.74) is 4.07. The number of aromatic hydroxyl groups is 1. The van der Waals surface area contributed by atoms with Crippen molar-refractivity contribution in [3.63, 3.8) is 0 Å². The summed E-state index contributed by atoms with van der Waals surface area (Å²) in [5.74, 6) is -0.891. The highest BCUT2D eigenvalue weighted by Gasteiger charge is 2.16. The van der Waals surface area contributed by atoms with Crippen LogP contribution in [-0.2, 0) is 13.0 Å². The van der Waals surface area contributed by atoms with Gasteiger partial charge in [-0.3, -0.25) is 14.5 Å². The summed E-state index contributed by atoms with van der Waals surface area (Å²) in [4.78, 5) is 16.6. The van der Waals surface area contributed by atoms with Gasteiger partial charge in [0.25, 0.3) is 5.91 Å². The molecule has 0 saturated carbocycles. The van der Waals surface area contributed by atoms with Gasteiger partial charge in [-0.25, -0.2) is 4.39 Å². The Morgan fingerprint density at radius 1 is 1.12 bits per heavy atom. The minimum Gasteiger partial charge on any atom is -0.507 e. The lowest BCUT2D eigenvalue weighted by Crippen LogP contribution is -2.33. The van der Waals surface area contributed by atoms with Crippen LogP contribution < -0.4 is 5.32 Å². The van der Waals surface area contributed by atoms with Gasteiger partial charge < -0.3 is 15.5 Å². The van der Waals surface area contributed by atoms with Crippen LogP contribution >= 0.6 is 0 Å². The summed E-state index contributed by atoms with van der Waals surface area (Å²) in [6.07, 6.45) is 2.95. The Labute approximate surface area is 196 Å². The predicted octanol–water partition coefficient (Wildman–Crippen LogP) is 3.81. The van der Waals surface area contributed by atoms with Gasteiger partial charge in [-0.2, -0.15) is 5.10 Å². The average molecular weight is 461 g/mol. The molecule has 3 N–H and O–H groups in total. The van der Waals surface area contributed by atoms with Crippen LogP contribution in [0.5, 0.6) is 5.75 Å². The summed E-state index contributed by atoms with van der Waals surface area (Å²) >= 11 is 0. The first kappa shape index (κ1) is 23.1. The van der Waals surface area contributed by atoms with Crippen LogP contribution in [0.4, 0.5) is 4.39 Å². The topological polar surface area (TPSA) is 100 Å². The Balaban J connectivity index is 1.49. The molecule has 4 rings (SSSR count). The van der Waals surface area contributed by atoms with E-state index in [1.165, 1.54) is 24.3 Å². The molecule has 0 aliphatic heterocycles. The van der Waals surface area contributed by atoms with Crippen LogP contribution in [0.1, 0.15) is 23.0 Å². The molecule has 0 radical (unpaired) electrons. The van der Waals surface area contributed by atoms with Gasteiger partial charge in [-0.1, -0.05) is 12.1 Å². The quantitative estimate of drug-likeness (QED) is 0.371. The zero-order valence-corrected chi connectivity index (χ0v) is 18.6. The summed E-state index contributed by atoms with van der Waals surface area (Å²) < 4.78 is 15.2. The van der Waals surface area contributed by atoms with Crippen molar-refractivity contribution in [2.75, 3.05) is 6.54 Å². The first-order valence-corrected chi connectivity index (χ1v) is 11.0. The fourth-order valence-electron chi connectivity index (χ4n) is 3.66. The van der Waals surface area contributed by atoms with E-state index in [-0.39, 0.29) is 30.1 Å². The van der Waals surface area contributed by atoms with E-state index in [1.54, 1.807) is 30.5 Å². The van der Waals surface area contributed by atoms with Crippen LogP contribution in [0, 0.1) is 5.82 Å². The molecule has 1 amide bonds. The number of rotatable bonds is 8. The maximum absolute atomic E-state index is 13.4. The van der Waals surface area contributed by atoms with E-state index >= 15 is 0 Å². The van der Waals surface area contributed by atoms with E-state index in [1.807, 2.05) is 29.9 Å². The van der Waals surface area contributed by atoms with Crippen LogP contribution in [0.25, 0.3) is 22.4 Å². The standard InChI is InChI=1S/C26H25FN4O3/c1-2-31-16-23(25(30-31)17-7-9-19(27)10-8-17)18-11-12-28-20(13-18)14-21(32)15-29-26(34)22-5-3-4-6-24(22)33/h3-13,16,21,32-33H,2,14-15H2,1H3,(H,29,34). The second-order valence-corrected chi connectivity index (χ2v) is 7.87. The van der Waals surface area contributed by atoms with Gasteiger partial charge in [0.2, 0.25) is 0 Å². The molecular formula is C26H25FN4O3. The number of para-hydroxylation sites is 1. The molecule has 1 unspecified atom stereocenters. The highest BCUT2D eigenvalue weighted by atomic mass is 19.1. The molecular weight excluding hydrogens is 435 g/mol. The SMILES string of the molecule is CCn1cc(-c2ccnc(CC(O)CNC(=O)c3ccccc3O)c2)c(-c2ccc(F)cc2)n1. The molecule has 4 aromatic rings. The van der Waals surface area contributed by atoms with Gasteiger partial charge in [0.1, 0.15) is 17.3 Å². The molecule has 0 spiro atoms. The van der Waals surface area contributed by atoms with Gasteiger partial charge in [0, 0.05) is 48.7 Å². The number of carbonyl (C=O) groups excluding carboxylic acids is 1. The summed E-state index contributed by atoms with van der Waals surface area (Å²) in [7, 11) is 0. The fraction of sp³-hybridized carbons (Fsp3) is 0.192. The van der Waals surface area contributed by atoms with Gasteiger partial charge in [0.15, 0.2) is 0 Å². The number of phenolic OH excluding ortho intramolecular Hbond substituents is 1. The first-order chi connectivity index (χ1) is 16.4. The summed E-state index contributed by atoms with van der Waals surface area (Å²) in [6, 6.07) is 16.2. The van der Waals surface area contributed by atoms with Crippen molar-refractivity contribution in [2.45, 2.75) is 26.0 Å². The van der Waals surface area contributed by atoms with Crippen molar-refractivity contribution >= 4 is 5.91 Å². The number of aromatic nitrogens is 3. The second kappa shape index (κ2) is 10.3. The van der Waals surface area contributed by atoms with Crippen LogP contribution in [0.3, 0.4) is 0 Å². The normalized spacial score (nSPS) is 11.9. The third-order valence-corrected chi connectivity index (χ3v) is 5.42. The Morgan fingerprint density at radius 3 is 2.62 bits per heavy atom. The van der Waals surface area contributed by atoms with E-state index in [9.17, 15) is 19.4 Å². The lowest BCUT2D eigenvalue weighted by molar-refractivity contribution is 0.0912. The van der Waals surface area contributed by atoms with Gasteiger partial charge in [0.05, 0.1) is 11.7 Å². The first-order valence-electron chi connectivity index (χ1n) is 11.0. The van der Waals surface area contributed by atoms with Gasteiger partial charge in [-0.15, -0.1) is 0 Å². The highest BCUT2D eigenvalue weighted by molar-refractivity contribution is 5.96. The van der Waals surface area contributed by atoms with E-state index in [0.29, 0.717) is 12.2 Å². The molecule has 2 heterocycles. The zero-order valence-electron chi connectivity index (χ0n) is 18.6. The molecule has 34 heavy (non-hydrogen) atoms. The lowest BCUT2D eigenvalue weighted by atomic mass is 10.0. The smallest absolute Gasteiger partial charge is 0.255 e. The van der Waals surface area contributed by atoms with Gasteiger partial charge in [-0.05, 0) is 61.0 Å². The lowest BCUT2D eigenvalue weighted by Gasteiger charge is -2.13. The minimum absolute atomic E-state index is 0.00761. The summed E-state index contributed by atoms with van der Waals surface area (Å²) in [6.45, 7) is 2.68. The Morgan fingerprint density at radius 2 is 1.88 bits per heavy atom. The number of nitrogens with one attached hydrogen (secondary N) is 1. The zero-order chi connectivity index (χ0) is 24.1. The maximum Gasteiger partial charge on any atom is 0.255 e. The van der Waals surface area contributed by atoms with E-state index in [2.05, 4.69) is 15.4 Å². The number of hydrogen-bond donors (Lipinski definition) is 3. The van der Waals surface area contributed by atoms with Crippen LogP contribution in [0.15, 0.2) is 73.1 Å². The largest absolute Gasteiger partial charge is 0.507 e. The molecule has 7 nitrogen and oxygen atoms in total. The Kier molecular flexibility index (Phi) is 6.98. The average Bonchev–Trinajstić information content (AvgIpc) is 3.28. The van der Waals surface area contributed by atoms with E-state index in [4.69, 9.17) is 0 Å². The number of phenols is 1. The van der Waals surface area contributed by atoms with Crippen molar-refractivity contribution in [2.24, 2.45) is 0 Å². The number of nitrogens with zero attached hydrogens (tertiary/aromatic N) is 3. The molecule has 0 aliphatic carbocycles. The minimum atomic E-state index is -0.868. The number of carbonyl (C=O) groups is 1. The molecule has 1 atom stereocenters. The van der Waals surface area contributed by atoms with Crippen molar-refractivity contribution < 1.29 is 19.4 Å². The molecule has 8 heteroatoms.